The quantitative estimate of drug-likeness (QED) is 0.268. The van der Waals surface area contributed by atoms with Crippen molar-refractivity contribution in [2.24, 2.45) is 5.10 Å². The molecular formula is C28H21N3O. The Kier molecular flexibility index (Phi) is 5.33. The molecule has 0 fully saturated rings. The van der Waals surface area contributed by atoms with Crippen LogP contribution in [0.15, 0.2) is 120 Å². The highest BCUT2D eigenvalue weighted by molar-refractivity contribution is 6.13. The van der Waals surface area contributed by atoms with Crippen molar-refractivity contribution in [3.05, 3.63) is 132 Å². The first kappa shape index (κ1) is 19.5. The first-order chi connectivity index (χ1) is 15.8. The van der Waals surface area contributed by atoms with Gasteiger partial charge in [0.05, 0.1) is 5.71 Å². The van der Waals surface area contributed by atoms with Crippen molar-refractivity contribution >= 4 is 22.5 Å². The number of rotatable bonds is 5. The third-order valence-corrected chi connectivity index (χ3v) is 5.36. The molecule has 5 aromatic rings. The van der Waals surface area contributed by atoms with Crippen molar-refractivity contribution in [3.63, 3.8) is 0 Å². The maximum Gasteiger partial charge on any atom is 0.287 e. The van der Waals surface area contributed by atoms with Crippen LogP contribution >= 0.6 is 0 Å². The highest BCUT2D eigenvalue weighted by Gasteiger charge is 2.12. The van der Waals surface area contributed by atoms with Crippen LogP contribution in [0.5, 0.6) is 0 Å². The molecule has 1 heterocycles. The van der Waals surface area contributed by atoms with E-state index in [9.17, 15) is 4.79 Å². The standard InChI is InChI=1S/C28H21N3O/c32-28(26-19-24-13-7-8-14-25(24)29-26)31-30-27(22-11-5-2-6-12-22)23-17-15-21(16-18-23)20-9-3-1-4-10-20/h1-19,29H,(H,31,32)/b30-27-. The first-order valence-corrected chi connectivity index (χ1v) is 10.4. The minimum absolute atomic E-state index is 0.282. The van der Waals surface area contributed by atoms with Gasteiger partial charge in [-0.05, 0) is 23.3 Å². The summed E-state index contributed by atoms with van der Waals surface area (Å²) in [5.74, 6) is -0.282. The lowest BCUT2D eigenvalue weighted by atomic mass is 9.99. The Bertz CT molecular complexity index is 1350. The normalized spacial score (nSPS) is 11.4. The molecule has 0 bridgehead atoms. The minimum atomic E-state index is -0.282. The van der Waals surface area contributed by atoms with Crippen molar-refractivity contribution in [1.29, 1.82) is 0 Å². The third-order valence-electron chi connectivity index (χ3n) is 5.36. The van der Waals surface area contributed by atoms with E-state index in [4.69, 9.17) is 0 Å². The summed E-state index contributed by atoms with van der Waals surface area (Å²) >= 11 is 0. The summed E-state index contributed by atoms with van der Waals surface area (Å²) in [6, 6.07) is 37.9. The summed E-state index contributed by atoms with van der Waals surface area (Å²) in [5.41, 5.74) is 8.95. The molecule has 5 rings (SSSR count). The average Bonchev–Trinajstić information content (AvgIpc) is 3.30. The molecule has 154 valence electrons. The number of aromatic nitrogens is 1. The van der Waals surface area contributed by atoms with Crippen molar-refractivity contribution in [2.75, 3.05) is 0 Å². The Balaban J connectivity index is 1.46. The van der Waals surface area contributed by atoms with Gasteiger partial charge in [0.15, 0.2) is 0 Å². The van der Waals surface area contributed by atoms with Gasteiger partial charge in [-0.25, -0.2) is 5.43 Å². The number of fused-ring (bicyclic) bond motifs is 1. The van der Waals surface area contributed by atoms with E-state index < -0.39 is 0 Å². The second kappa shape index (κ2) is 8.74. The second-order valence-electron chi connectivity index (χ2n) is 7.48. The number of nitrogens with zero attached hydrogens (tertiary/aromatic N) is 1. The van der Waals surface area contributed by atoms with Crippen LogP contribution in [0.3, 0.4) is 0 Å². The van der Waals surface area contributed by atoms with E-state index in [1.807, 2.05) is 91.0 Å². The van der Waals surface area contributed by atoms with Gasteiger partial charge in [-0.3, -0.25) is 4.79 Å². The number of hydrazone groups is 1. The van der Waals surface area contributed by atoms with Crippen LogP contribution in [-0.2, 0) is 0 Å². The topological polar surface area (TPSA) is 57.2 Å². The summed E-state index contributed by atoms with van der Waals surface area (Å²) in [6.45, 7) is 0. The molecule has 0 saturated heterocycles. The number of carbonyl (C=O) groups excluding carboxylic acids is 1. The van der Waals surface area contributed by atoms with E-state index >= 15 is 0 Å². The van der Waals surface area contributed by atoms with E-state index in [1.54, 1.807) is 0 Å². The Hall–Kier alpha value is -4.44. The Morgan fingerprint density at radius 3 is 1.97 bits per heavy atom. The molecule has 0 aliphatic heterocycles. The van der Waals surface area contributed by atoms with Crippen LogP contribution in [0, 0.1) is 0 Å². The number of amides is 1. The zero-order chi connectivity index (χ0) is 21.8. The zero-order valence-electron chi connectivity index (χ0n) is 17.3. The highest BCUT2D eigenvalue weighted by Crippen LogP contribution is 2.21. The predicted molar refractivity (Wildman–Crippen MR) is 130 cm³/mol. The number of H-pyrrole nitrogens is 1. The van der Waals surface area contributed by atoms with Gasteiger partial charge in [0.2, 0.25) is 0 Å². The molecule has 2 N–H and O–H groups in total. The Labute approximate surface area is 186 Å². The lowest BCUT2D eigenvalue weighted by Gasteiger charge is -2.09. The van der Waals surface area contributed by atoms with Gasteiger partial charge in [-0.2, -0.15) is 5.10 Å². The molecule has 0 saturated carbocycles. The van der Waals surface area contributed by atoms with Crippen molar-refractivity contribution < 1.29 is 4.79 Å². The molecule has 4 aromatic carbocycles. The number of nitrogens with one attached hydrogen (secondary N) is 2. The number of hydrogen-bond donors (Lipinski definition) is 2. The lowest BCUT2D eigenvalue weighted by Crippen LogP contribution is -2.21. The van der Waals surface area contributed by atoms with Crippen LogP contribution in [0.1, 0.15) is 21.6 Å². The van der Waals surface area contributed by atoms with Gasteiger partial charge >= 0.3 is 0 Å². The van der Waals surface area contributed by atoms with E-state index in [1.165, 1.54) is 0 Å². The van der Waals surface area contributed by atoms with Gasteiger partial charge < -0.3 is 4.98 Å². The smallest absolute Gasteiger partial charge is 0.287 e. The summed E-state index contributed by atoms with van der Waals surface area (Å²) in [6.07, 6.45) is 0. The molecule has 0 aliphatic carbocycles. The zero-order valence-corrected chi connectivity index (χ0v) is 17.3. The van der Waals surface area contributed by atoms with Gasteiger partial charge in [0.25, 0.3) is 5.91 Å². The van der Waals surface area contributed by atoms with Gasteiger partial charge in [0.1, 0.15) is 5.69 Å². The van der Waals surface area contributed by atoms with Crippen LogP contribution in [0.2, 0.25) is 0 Å². The summed E-state index contributed by atoms with van der Waals surface area (Å²) in [4.78, 5) is 15.9. The van der Waals surface area contributed by atoms with E-state index in [0.29, 0.717) is 11.4 Å². The maximum absolute atomic E-state index is 12.8. The minimum Gasteiger partial charge on any atom is -0.350 e. The first-order valence-electron chi connectivity index (χ1n) is 10.4. The fourth-order valence-electron chi connectivity index (χ4n) is 3.71. The van der Waals surface area contributed by atoms with Gasteiger partial charge in [-0.1, -0.05) is 103 Å². The van der Waals surface area contributed by atoms with Crippen LogP contribution in [0.4, 0.5) is 0 Å². The Morgan fingerprint density at radius 2 is 1.25 bits per heavy atom. The molecule has 0 radical (unpaired) electrons. The molecule has 0 atom stereocenters. The average molecular weight is 415 g/mol. The molecule has 1 aromatic heterocycles. The van der Waals surface area contributed by atoms with E-state index in [0.717, 1.165) is 33.2 Å². The highest BCUT2D eigenvalue weighted by atomic mass is 16.2. The maximum atomic E-state index is 12.8. The fraction of sp³-hybridized carbons (Fsp3) is 0. The molecule has 4 nitrogen and oxygen atoms in total. The van der Waals surface area contributed by atoms with Gasteiger partial charge in [0, 0.05) is 22.0 Å². The Morgan fingerprint density at radius 1 is 0.656 bits per heavy atom. The van der Waals surface area contributed by atoms with Crippen molar-refractivity contribution in [1.82, 2.24) is 10.4 Å². The SMILES string of the molecule is O=C(N/N=C(/c1ccccc1)c1ccc(-c2ccccc2)cc1)c1cc2ccccc2[nH]1. The fourth-order valence-corrected chi connectivity index (χ4v) is 3.71. The molecular weight excluding hydrogens is 394 g/mol. The molecule has 4 heteroatoms. The largest absolute Gasteiger partial charge is 0.350 e. The van der Waals surface area contributed by atoms with Crippen LogP contribution in [0.25, 0.3) is 22.0 Å². The molecule has 1 amide bonds. The molecule has 32 heavy (non-hydrogen) atoms. The van der Waals surface area contributed by atoms with Crippen LogP contribution in [-0.4, -0.2) is 16.6 Å². The van der Waals surface area contributed by atoms with Crippen LogP contribution < -0.4 is 5.43 Å². The number of benzene rings is 4. The number of hydrogen-bond acceptors (Lipinski definition) is 2. The van der Waals surface area contributed by atoms with Gasteiger partial charge in [-0.15, -0.1) is 0 Å². The number of para-hydroxylation sites is 1. The van der Waals surface area contributed by atoms with Crippen molar-refractivity contribution in [2.45, 2.75) is 0 Å². The molecule has 0 aliphatic rings. The third kappa shape index (κ3) is 4.07. The second-order valence-corrected chi connectivity index (χ2v) is 7.48. The molecule has 0 unspecified atom stereocenters. The number of aromatic amines is 1. The summed E-state index contributed by atoms with van der Waals surface area (Å²) < 4.78 is 0. The van der Waals surface area contributed by atoms with E-state index in [-0.39, 0.29) is 5.91 Å². The molecule has 0 spiro atoms. The predicted octanol–water partition coefficient (Wildman–Crippen LogP) is 6.02. The number of carbonyl (C=O) groups is 1. The summed E-state index contributed by atoms with van der Waals surface area (Å²) in [5, 5.41) is 5.50. The van der Waals surface area contributed by atoms with E-state index in [2.05, 4.69) is 39.8 Å². The monoisotopic (exact) mass is 415 g/mol. The summed E-state index contributed by atoms with van der Waals surface area (Å²) in [7, 11) is 0. The lowest BCUT2D eigenvalue weighted by molar-refractivity contribution is 0.0951. The van der Waals surface area contributed by atoms with Crippen molar-refractivity contribution in [3.8, 4) is 11.1 Å².